The predicted octanol–water partition coefficient (Wildman–Crippen LogP) is -1.34. The first kappa shape index (κ1) is 13.8. The van der Waals surface area contributed by atoms with Gasteiger partial charge < -0.3 is 14.8 Å². The Morgan fingerprint density at radius 1 is 1.59 bits per heavy atom. The Morgan fingerprint density at radius 3 is 2.82 bits per heavy atom. The number of aliphatic hydroxyl groups excluding tert-OH is 1. The van der Waals surface area contributed by atoms with Crippen LogP contribution in [0.15, 0.2) is 28.2 Å². The average molecular weight is 262 g/mol. The minimum Gasteiger partial charge on any atom is -0.395 e. The summed E-state index contributed by atoms with van der Waals surface area (Å²) >= 11 is 0. The lowest BCUT2D eigenvalue weighted by molar-refractivity contribution is 0.139. The standard InChI is InChI=1S/C9H14N2O5S/c1-16-6-7(5-12)11-17(14,15)9-4-10-3-2-8(9)13/h2-4,7,11-12H,5-6H2,1H3,(H,10,13). The van der Waals surface area contributed by atoms with Crippen LogP contribution in [0, 0.1) is 0 Å². The first-order valence-electron chi connectivity index (χ1n) is 4.80. The molecule has 7 nitrogen and oxygen atoms in total. The molecule has 0 spiro atoms. The lowest BCUT2D eigenvalue weighted by atomic mass is 10.4. The maximum Gasteiger partial charge on any atom is 0.246 e. The molecule has 0 bridgehead atoms. The Balaban J connectivity index is 2.97. The van der Waals surface area contributed by atoms with E-state index in [1.807, 2.05) is 0 Å². The summed E-state index contributed by atoms with van der Waals surface area (Å²) in [5.41, 5.74) is -0.620. The number of pyridine rings is 1. The highest BCUT2D eigenvalue weighted by atomic mass is 32.2. The Kier molecular flexibility index (Phi) is 4.82. The first-order chi connectivity index (χ1) is 8.01. The van der Waals surface area contributed by atoms with Gasteiger partial charge >= 0.3 is 0 Å². The van der Waals surface area contributed by atoms with E-state index >= 15 is 0 Å². The van der Waals surface area contributed by atoms with Crippen molar-refractivity contribution in [1.29, 1.82) is 0 Å². The van der Waals surface area contributed by atoms with Crippen LogP contribution in [0.2, 0.25) is 0 Å². The van der Waals surface area contributed by atoms with Crippen LogP contribution in [0.1, 0.15) is 0 Å². The van der Waals surface area contributed by atoms with Gasteiger partial charge in [0.1, 0.15) is 4.90 Å². The number of aliphatic hydroxyl groups is 1. The number of aromatic amines is 1. The Labute approximate surface area is 98.5 Å². The van der Waals surface area contributed by atoms with Crippen molar-refractivity contribution in [2.45, 2.75) is 10.9 Å². The molecule has 1 aromatic rings. The van der Waals surface area contributed by atoms with Gasteiger partial charge in [-0.2, -0.15) is 0 Å². The monoisotopic (exact) mass is 262 g/mol. The zero-order valence-corrected chi connectivity index (χ0v) is 10.0. The molecule has 1 rings (SSSR count). The molecule has 8 heteroatoms. The van der Waals surface area contributed by atoms with Crippen molar-refractivity contribution in [1.82, 2.24) is 9.71 Å². The lowest BCUT2D eigenvalue weighted by Gasteiger charge is -2.14. The smallest absolute Gasteiger partial charge is 0.246 e. The molecular weight excluding hydrogens is 248 g/mol. The van der Waals surface area contributed by atoms with E-state index in [-0.39, 0.29) is 6.61 Å². The van der Waals surface area contributed by atoms with Gasteiger partial charge in [-0.25, -0.2) is 13.1 Å². The fraction of sp³-hybridized carbons (Fsp3) is 0.444. The summed E-state index contributed by atoms with van der Waals surface area (Å²) in [7, 11) is -2.58. The molecule has 0 saturated heterocycles. The number of H-pyrrole nitrogens is 1. The number of hydrogen-bond donors (Lipinski definition) is 3. The van der Waals surface area contributed by atoms with E-state index in [1.54, 1.807) is 0 Å². The van der Waals surface area contributed by atoms with Gasteiger partial charge in [-0.05, 0) is 0 Å². The van der Waals surface area contributed by atoms with E-state index in [0.29, 0.717) is 0 Å². The number of methoxy groups -OCH3 is 1. The summed E-state index contributed by atoms with van der Waals surface area (Å²) in [5, 5.41) is 8.94. The molecule has 96 valence electrons. The van der Waals surface area contributed by atoms with E-state index in [1.165, 1.54) is 13.3 Å². The molecule has 0 aliphatic carbocycles. The molecule has 1 aromatic heterocycles. The Hall–Kier alpha value is -1.22. The van der Waals surface area contributed by atoms with Gasteiger partial charge in [0.15, 0.2) is 0 Å². The second-order valence-corrected chi connectivity index (χ2v) is 5.01. The Morgan fingerprint density at radius 2 is 2.29 bits per heavy atom. The normalized spacial score (nSPS) is 13.5. The summed E-state index contributed by atoms with van der Waals surface area (Å²) in [6.45, 7) is -0.404. The predicted molar refractivity (Wildman–Crippen MR) is 60.1 cm³/mol. The summed E-state index contributed by atoms with van der Waals surface area (Å²) in [4.78, 5) is 13.5. The fourth-order valence-electron chi connectivity index (χ4n) is 1.22. The van der Waals surface area contributed by atoms with E-state index in [4.69, 9.17) is 9.84 Å². The zero-order chi connectivity index (χ0) is 12.9. The van der Waals surface area contributed by atoms with Gasteiger partial charge in [-0.1, -0.05) is 0 Å². The van der Waals surface area contributed by atoms with E-state index < -0.39 is 33.0 Å². The van der Waals surface area contributed by atoms with Crippen molar-refractivity contribution in [2.75, 3.05) is 20.3 Å². The highest BCUT2D eigenvalue weighted by molar-refractivity contribution is 7.89. The minimum absolute atomic E-state index is 0.0144. The molecule has 17 heavy (non-hydrogen) atoms. The molecule has 0 saturated carbocycles. The molecule has 0 aliphatic heterocycles. The highest BCUT2D eigenvalue weighted by Crippen LogP contribution is 2.01. The van der Waals surface area contributed by atoms with E-state index in [9.17, 15) is 13.2 Å². The number of ether oxygens (including phenoxy) is 1. The minimum atomic E-state index is -3.96. The van der Waals surface area contributed by atoms with Crippen LogP contribution in [-0.2, 0) is 14.8 Å². The highest BCUT2D eigenvalue weighted by Gasteiger charge is 2.21. The maximum atomic E-state index is 11.8. The molecular formula is C9H14N2O5S. The maximum absolute atomic E-state index is 11.8. The summed E-state index contributed by atoms with van der Waals surface area (Å²) in [6.07, 6.45) is 2.42. The number of aromatic nitrogens is 1. The van der Waals surface area contributed by atoms with Crippen LogP contribution < -0.4 is 10.2 Å². The van der Waals surface area contributed by atoms with Crippen molar-refractivity contribution >= 4 is 10.0 Å². The van der Waals surface area contributed by atoms with Crippen molar-refractivity contribution in [3.05, 3.63) is 28.7 Å². The number of nitrogens with one attached hydrogen (secondary N) is 2. The molecule has 1 unspecified atom stereocenters. The van der Waals surface area contributed by atoms with Gasteiger partial charge in [-0.15, -0.1) is 0 Å². The van der Waals surface area contributed by atoms with Gasteiger partial charge in [0, 0.05) is 25.6 Å². The molecule has 1 heterocycles. The molecule has 0 aromatic carbocycles. The summed E-state index contributed by atoms with van der Waals surface area (Å²) < 4.78 is 30.5. The zero-order valence-electron chi connectivity index (χ0n) is 9.21. The van der Waals surface area contributed by atoms with Crippen LogP contribution in [-0.4, -0.2) is 44.9 Å². The van der Waals surface area contributed by atoms with Crippen LogP contribution in [0.3, 0.4) is 0 Å². The fourth-order valence-corrected chi connectivity index (χ4v) is 2.48. The Bertz CT molecular complexity index is 510. The van der Waals surface area contributed by atoms with Crippen molar-refractivity contribution in [3.8, 4) is 0 Å². The largest absolute Gasteiger partial charge is 0.395 e. The van der Waals surface area contributed by atoms with Gasteiger partial charge in [0.05, 0.1) is 19.3 Å². The third kappa shape index (κ3) is 3.63. The molecule has 1 atom stereocenters. The van der Waals surface area contributed by atoms with Crippen LogP contribution in [0.5, 0.6) is 0 Å². The SMILES string of the molecule is COCC(CO)NS(=O)(=O)c1c[nH]ccc1=O. The molecule has 0 radical (unpaired) electrons. The average Bonchev–Trinajstić information content (AvgIpc) is 2.28. The number of rotatable bonds is 6. The topological polar surface area (TPSA) is 108 Å². The summed E-state index contributed by atoms with van der Waals surface area (Å²) in [5.74, 6) is 0. The third-order valence-corrected chi connectivity index (χ3v) is 3.53. The number of sulfonamides is 1. The van der Waals surface area contributed by atoms with Crippen LogP contribution in [0.4, 0.5) is 0 Å². The quantitative estimate of drug-likeness (QED) is 0.588. The first-order valence-corrected chi connectivity index (χ1v) is 6.29. The van der Waals surface area contributed by atoms with Crippen molar-refractivity contribution < 1.29 is 18.3 Å². The van der Waals surface area contributed by atoms with Crippen LogP contribution in [0.25, 0.3) is 0 Å². The third-order valence-electron chi connectivity index (χ3n) is 1.99. The molecule has 3 N–H and O–H groups in total. The van der Waals surface area contributed by atoms with Crippen LogP contribution >= 0.6 is 0 Å². The second-order valence-electron chi connectivity index (χ2n) is 3.33. The number of hydrogen-bond acceptors (Lipinski definition) is 5. The van der Waals surface area contributed by atoms with Crippen molar-refractivity contribution in [2.24, 2.45) is 0 Å². The van der Waals surface area contributed by atoms with E-state index in [0.717, 1.165) is 12.3 Å². The molecule has 0 aliphatic rings. The van der Waals surface area contributed by atoms with E-state index in [2.05, 4.69) is 9.71 Å². The molecule has 0 fully saturated rings. The summed E-state index contributed by atoms with van der Waals surface area (Å²) in [6, 6.07) is 0.323. The second kappa shape index (κ2) is 5.92. The van der Waals surface area contributed by atoms with Gasteiger partial charge in [0.25, 0.3) is 0 Å². The van der Waals surface area contributed by atoms with Crippen molar-refractivity contribution in [3.63, 3.8) is 0 Å². The lowest BCUT2D eigenvalue weighted by Crippen LogP contribution is -2.41. The van der Waals surface area contributed by atoms with Gasteiger partial charge in [0.2, 0.25) is 15.5 Å². The molecule has 0 amide bonds. The van der Waals surface area contributed by atoms with Gasteiger partial charge in [-0.3, -0.25) is 4.79 Å².